The van der Waals surface area contributed by atoms with E-state index in [1.54, 1.807) is 12.1 Å². The van der Waals surface area contributed by atoms with Crippen LogP contribution >= 0.6 is 0 Å². The maximum Gasteiger partial charge on any atom is 0.416 e. The van der Waals surface area contributed by atoms with Crippen molar-refractivity contribution >= 4 is 0 Å². The van der Waals surface area contributed by atoms with Gasteiger partial charge >= 0.3 is 6.18 Å². The van der Waals surface area contributed by atoms with Gasteiger partial charge in [0.1, 0.15) is 0 Å². The lowest BCUT2D eigenvalue weighted by molar-refractivity contribution is -0.137. The molecule has 3 aromatic carbocycles. The number of rotatable bonds is 3. The van der Waals surface area contributed by atoms with E-state index < -0.39 is 11.7 Å². The molecule has 0 amide bonds. The van der Waals surface area contributed by atoms with Gasteiger partial charge in [0.25, 0.3) is 0 Å². The third-order valence-corrected chi connectivity index (χ3v) is 8.56. The van der Waals surface area contributed by atoms with Crippen molar-refractivity contribution in [3.8, 4) is 0 Å². The van der Waals surface area contributed by atoms with E-state index in [1.807, 2.05) is 6.07 Å². The second-order valence-electron chi connectivity index (χ2n) is 10.1. The summed E-state index contributed by atoms with van der Waals surface area (Å²) in [5.41, 5.74) is 3.33. The first-order valence-corrected chi connectivity index (χ1v) is 11.3. The zero-order valence-electron chi connectivity index (χ0n) is 18.0. The summed E-state index contributed by atoms with van der Waals surface area (Å²) >= 11 is 0. The predicted octanol–water partition coefficient (Wildman–Crippen LogP) is 6.82. The van der Waals surface area contributed by atoms with E-state index in [0.717, 1.165) is 24.9 Å². The van der Waals surface area contributed by atoms with Crippen molar-refractivity contribution < 1.29 is 13.2 Å². The molecule has 4 heteroatoms. The van der Waals surface area contributed by atoms with Gasteiger partial charge in [-0.15, -0.1) is 0 Å². The number of likely N-dealkylation sites (tertiary alicyclic amines) is 1. The fourth-order valence-electron chi connectivity index (χ4n) is 7.67. The van der Waals surface area contributed by atoms with E-state index >= 15 is 0 Å². The second-order valence-corrected chi connectivity index (χ2v) is 10.1. The summed E-state index contributed by atoms with van der Waals surface area (Å²) in [5, 5.41) is 0. The molecule has 1 aliphatic heterocycles. The Hall–Kier alpha value is -2.59. The molecule has 3 atom stereocenters. The minimum atomic E-state index is -4.30. The molecule has 164 valence electrons. The third-order valence-electron chi connectivity index (χ3n) is 8.56. The maximum atomic E-state index is 13.2. The van der Waals surface area contributed by atoms with Crippen molar-refractivity contribution in [3.63, 3.8) is 0 Å². The Bertz CT molecular complexity index is 1110. The van der Waals surface area contributed by atoms with Crippen LogP contribution in [-0.2, 0) is 11.6 Å². The van der Waals surface area contributed by atoms with Crippen LogP contribution in [0.1, 0.15) is 47.1 Å². The highest BCUT2D eigenvalue weighted by Crippen LogP contribution is 2.81. The van der Waals surface area contributed by atoms with Gasteiger partial charge in [-0.25, -0.2) is 0 Å². The molecule has 3 aliphatic carbocycles. The second kappa shape index (κ2) is 6.71. The molecule has 0 radical (unpaired) electrons. The Morgan fingerprint density at radius 1 is 0.781 bits per heavy atom. The van der Waals surface area contributed by atoms with Gasteiger partial charge in [-0.1, -0.05) is 72.8 Å². The Morgan fingerprint density at radius 2 is 1.38 bits per heavy atom. The monoisotopic (exact) mass is 433 g/mol. The van der Waals surface area contributed by atoms with Crippen LogP contribution < -0.4 is 0 Å². The van der Waals surface area contributed by atoms with Crippen molar-refractivity contribution in [1.29, 1.82) is 0 Å². The van der Waals surface area contributed by atoms with Gasteiger partial charge in [0.2, 0.25) is 0 Å². The van der Waals surface area contributed by atoms with Gasteiger partial charge < -0.3 is 0 Å². The number of hydrogen-bond donors (Lipinski definition) is 0. The van der Waals surface area contributed by atoms with Gasteiger partial charge in [-0.3, -0.25) is 4.90 Å². The SMILES string of the molecule is CN1C[C@@H]2C(c3ccc(C(F)(F)F)cc3)C3(c4ccccc4)CC2(C3)[C@H]1c1ccccc1. The molecule has 0 N–H and O–H groups in total. The molecular formula is C28H26F3N. The van der Waals surface area contributed by atoms with Crippen LogP contribution in [0.5, 0.6) is 0 Å². The van der Waals surface area contributed by atoms with Crippen LogP contribution in [-0.4, -0.2) is 18.5 Å². The van der Waals surface area contributed by atoms with Gasteiger partial charge in [0.15, 0.2) is 0 Å². The van der Waals surface area contributed by atoms with Crippen LogP contribution in [0.3, 0.4) is 0 Å². The highest BCUT2D eigenvalue weighted by Gasteiger charge is 2.76. The molecule has 32 heavy (non-hydrogen) atoms. The topological polar surface area (TPSA) is 3.24 Å². The summed E-state index contributed by atoms with van der Waals surface area (Å²) in [4.78, 5) is 2.48. The quantitative estimate of drug-likeness (QED) is 0.438. The molecular weight excluding hydrogens is 407 g/mol. The molecule has 7 rings (SSSR count). The number of nitrogens with zero attached hydrogens (tertiary/aromatic N) is 1. The zero-order valence-corrected chi connectivity index (χ0v) is 18.0. The highest BCUT2D eigenvalue weighted by atomic mass is 19.4. The first-order chi connectivity index (χ1) is 15.4. The number of halogens is 3. The van der Waals surface area contributed by atoms with E-state index in [0.29, 0.717) is 12.0 Å². The van der Waals surface area contributed by atoms with Crippen molar-refractivity contribution in [2.75, 3.05) is 13.6 Å². The van der Waals surface area contributed by atoms with Crippen LogP contribution in [0.4, 0.5) is 13.2 Å². The average molecular weight is 434 g/mol. The first-order valence-electron chi connectivity index (χ1n) is 11.3. The van der Waals surface area contributed by atoms with E-state index in [9.17, 15) is 13.2 Å². The average Bonchev–Trinajstić information content (AvgIpc) is 3.31. The number of benzene rings is 3. The van der Waals surface area contributed by atoms with Gasteiger partial charge in [0, 0.05) is 18.0 Å². The van der Waals surface area contributed by atoms with Crippen molar-refractivity contribution in [1.82, 2.24) is 4.90 Å². The van der Waals surface area contributed by atoms with Gasteiger partial charge in [-0.05, 0) is 66.0 Å². The Kier molecular flexibility index (Phi) is 4.20. The third kappa shape index (κ3) is 2.62. The largest absolute Gasteiger partial charge is 0.416 e. The fourth-order valence-corrected chi connectivity index (χ4v) is 7.67. The summed E-state index contributed by atoms with van der Waals surface area (Å²) in [6, 6.07) is 27.7. The molecule has 1 unspecified atom stereocenters. The standard InChI is InChI=1S/C28H26F3N/c1-32-16-23-24(19-12-14-22(15-13-19)28(29,30)31)26(21-10-6-3-7-11-21)17-27(23,18-26)25(32)20-8-4-2-5-9-20/h2-15,23-25H,16-18H2,1H3/t23-,24?,25-,26?,27?/m1/s1. The van der Waals surface area contributed by atoms with E-state index in [1.165, 1.54) is 23.3 Å². The summed E-state index contributed by atoms with van der Waals surface area (Å²) in [7, 11) is 2.21. The molecule has 2 bridgehead atoms. The van der Waals surface area contributed by atoms with Crippen LogP contribution in [0.2, 0.25) is 0 Å². The minimum Gasteiger partial charge on any atom is -0.298 e. The first kappa shape index (κ1) is 20.0. The molecule has 3 saturated carbocycles. The van der Waals surface area contributed by atoms with Crippen LogP contribution in [0.15, 0.2) is 84.9 Å². The molecule has 3 aromatic rings. The lowest BCUT2D eigenvalue weighted by Gasteiger charge is -2.53. The molecule has 0 aromatic heterocycles. The van der Waals surface area contributed by atoms with E-state index in [2.05, 4.69) is 66.5 Å². The number of alkyl halides is 3. The highest BCUT2D eigenvalue weighted by molar-refractivity contribution is 5.48. The Balaban J connectivity index is 1.46. The lowest BCUT2D eigenvalue weighted by atomic mass is 9.52. The van der Waals surface area contributed by atoms with E-state index in [-0.39, 0.29) is 16.7 Å². The molecule has 4 fully saturated rings. The van der Waals surface area contributed by atoms with E-state index in [4.69, 9.17) is 0 Å². The van der Waals surface area contributed by atoms with Crippen molar-refractivity contribution in [2.45, 2.75) is 36.4 Å². The Morgan fingerprint density at radius 3 is 1.97 bits per heavy atom. The molecule has 4 aliphatic rings. The van der Waals surface area contributed by atoms with Gasteiger partial charge in [-0.2, -0.15) is 13.2 Å². The fraction of sp³-hybridized carbons (Fsp3) is 0.357. The predicted molar refractivity (Wildman–Crippen MR) is 119 cm³/mol. The maximum absolute atomic E-state index is 13.2. The minimum absolute atomic E-state index is 0.0000335. The molecule has 1 nitrogen and oxygen atoms in total. The summed E-state index contributed by atoms with van der Waals surface area (Å²) < 4.78 is 39.7. The van der Waals surface area contributed by atoms with Crippen LogP contribution in [0, 0.1) is 11.3 Å². The number of hydrogen-bond acceptors (Lipinski definition) is 1. The zero-order chi connectivity index (χ0) is 22.1. The molecule has 1 saturated heterocycles. The summed E-state index contributed by atoms with van der Waals surface area (Å²) in [6.45, 7) is 0.972. The van der Waals surface area contributed by atoms with Crippen molar-refractivity contribution in [2.24, 2.45) is 11.3 Å². The normalized spacial score (nSPS) is 33.7. The smallest absolute Gasteiger partial charge is 0.298 e. The molecule has 1 heterocycles. The summed E-state index contributed by atoms with van der Waals surface area (Å²) in [6.07, 6.45) is -2.13. The summed E-state index contributed by atoms with van der Waals surface area (Å²) in [5.74, 6) is 0.651. The molecule has 1 spiro atoms. The van der Waals surface area contributed by atoms with Crippen molar-refractivity contribution in [3.05, 3.63) is 107 Å². The Labute approximate surface area is 186 Å². The van der Waals surface area contributed by atoms with Gasteiger partial charge in [0.05, 0.1) is 5.56 Å². The van der Waals surface area contributed by atoms with Crippen LogP contribution in [0.25, 0.3) is 0 Å². The lowest BCUT2D eigenvalue weighted by Crippen LogP contribution is -2.47.